The summed E-state index contributed by atoms with van der Waals surface area (Å²) in [7, 11) is 0. The molecule has 1 N–H and O–H groups in total. The lowest BCUT2D eigenvalue weighted by Crippen LogP contribution is -2.29. The van der Waals surface area contributed by atoms with Crippen molar-refractivity contribution in [2.24, 2.45) is 0 Å². The molecule has 1 aliphatic rings. The highest BCUT2D eigenvalue weighted by atomic mass is 16.6. The van der Waals surface area contributed by atoms with Crippen molar-refractivity contribution in [3.05, 3.63) is 64.2 Å². The maximum absolute atomic E-state index is 11.3. The van der Waals surface area contributed by atoms with E-state index in [0.29, 0.717) is 12.2 Å². The summed E-state index contributed by atoms with van der Waals surface area (Å²) in [5.41, 5.74) is 3.05. The number of benzene rings is 2. The Bertz CT molecular complexity index is 682. The van der Waals surface area contributed by atoms with E-state index >= 15 is 0 Å². The van der Waals surface area contributed by atoms with Gasteiger partial charge in [0, 0.05) is 31.4 Å². The molecule has 24 heavy (non-hydrogen) atoms. The van der Waals surface area contributed by atoms with Gasteiger partial charge in [-0.1, -0.05) is 30.3 Å². The van der Waals surface area contributed by atoms with Crippen LogP contribution in [0.4, 0.5) is 17.1 Å². The number of piperidine rings is 1. The minimum Gasteiger partial charge on any atom is -0.379 e. The van der Waals surface area contributed by atoms with Crippen LogP contribution in [-0.4, -0.2) is 24.6 Å². The van der Waals surface area contributed by atoms with Crippen molar-refractivity contribution in [1.82, 2.24) is 0 Å². The van der Waals surface area contributed by atoms with Crippen LogP contribution in [0.2, 0.25) is 0 Å². The Balaban J connectivity index is 1.72. The quantitative estimate of drug-likeness (QED) is 0.637. The number of hydrogen-bond donors (Lipinski definition) is 1. The molecule has 0 aliphatic carbocycles. The van der Waals surface area contributed by atoms with Gasteiger partial charge >= 0.3 is 0 Å². The third-order valence-electron chi connectivity index (χ3n) is 4.47. The van der Waals surface area contributed by atoms with Crippen LogP contribution in [0.25, 0.3) is 0 Å². The first-order valence-corrected chi connectivity index (χ1v) is 8.55. The van der Waals surface area contributed by atoms with E-state index in [0.717, 1.165) is 25.2 Å². The second kappa shape index (κ2) is 7.81. The highest BCUT2D eigenvalue weighted by Gasteiger charge is 2.17. The third kappa shape index (κ3) is 4.04. The van der Waals surface area contributed by atoms with Gasteiger partial charge in [-0.25, -0.2) is 0 Å². The number of anilines is 2. The summed E-state index contributed by atoms with van der Waals surface area (Å²) in [6.45, 7) is 2.73. The highest BCUT2D eigenvalue weighted by molar-refractivity contribution is 5.69. The molecule has 1 saturated heterocycles. The van der Waals surface area contributed by atoms with Crippen molar-refractivity contribution in [3.63, 3.8) is 0 Å². The molecule has 0 atom stereocenters. The molecule has 5 heteroatoms. The summed E-state index contributed by atoms with van der Waals surface area (Å²) in [5.74, 6) is 0. The van der Waals surface area contributed by atoms with Gasteiger partial charge in [0.1, 0.15) is 5.69 Å². The zero-order chi connectivity index (χ0) is 16.8. The minimum absolute atomic E-state index is 0.142. The Morgan fingerprint density at radius 3 is 2.50 bits per heavy atom. The van der Waals surface area contributed by atoms with Gasteiger partial charge in [-0.15, -0.1) is 0 Å². The van der Waals surface area contributed by atoms with Crippen molar-refractivity contribution >= 4 is 17.1 Å². The van der Waals surface area contributed by atoms with E-state index in [2.05, 4.69) is 22.3 Å². The lowest BCUT2D eigenvalue weighted by molar-refractivity contribution is -0.383. The maximum Gasteiger partial charge on any atom is 0.292 e. The lowest BCUT2D eigenvalue weighted by atomic mass is 10.1. The highest BCUT2D eigenvalue weighted by Crippen LogP contribution is 2.30. The van der Waals surface area contributed by atoms with E-state index in [1.165, 1.54) is 24.8 Å². The first-order valence-electron chi connectivity index (χ1n) is 8.55. The predicted octanol–water partition coefficient (Wildman–Crippen LogP) is 4.24. The summed E-state index contributed by atoms with van der Waals surface area (Å²) in [5, 5.41) is 14.5. The molecule has 3 rings (SSSR count). The van der Waals surface area contributed by atoms with E-state index in [9.17, 15) is 10.1 Å². The van der Waals surface area contributed by atoms with E-state index in [-0.39, 0.29) is 10.6 Å². The molecular formula is C19H23N3O2. The lowest BCUT2D eigenvalue weighted by Gasteiger charge is -2.29. The van der Waals surface area contributed by atoms with Gasteiger partial charge in [-0.05, 0) is 43.4 Å². The van der Waals surface area contributed by atoms with E-state index < -0.39 is 0 Å². The van der Waals surface area contributed by atoms with Crippen molar-refractivity contribution < 1.29 is 4.92 Å². The number of nitrogens with zero attached hydrogens (tertiary/aromatic N) is 2. The normalized spacial score (nSPS) is 14.4. The second-order valence-corrected chi connectivity index (χ2v) is 6.17. The average molecular weight is 325 g/mol. The molecule has 0 spiro atoms. The monoisotopic (exact) mass is 325 g/mol. The van der Waals surface area contributed by atoms with E-state index in [1.807, 2.05) is 30.3 Å². The maximum atomic E-state index is 11.3. The molecular weight excluding hydrogens is 302 g/mol. The third-order valence-corrected chi connectivity index (χ3v) is 4.47. The smallest absolute Gasteiger partial charge is 0.292 e. The van der Waals surface area contributed by atoms with Gasteiger partial charge < -0.3 is 10.2 Å². The SMILES string of the molecule is O=[N+]([O-])c1ccc(N2CCCCC2)cc1NCCc1ccccc1. The Morgan fingerprint density at radius 2 is 1.79 bits per heavy atom. The molecule has 1 fully saturated rings. The van der Waals surface area contributed by atoms with Gasteiger partial charge in [-0.2, -0.15) is 0 Å². The number of nitrogens with one attached hydrogen (secondary N) is 1. The first kappa shape index (κ1) is 16.3. The molecule has 0 bridgehead atoms. The number of hydrogen-bond acceptors (Lipinski definition) is 4. The summed E-state index contributed by atoms with van der Waals surface area (Å²) >= 11 is 0. The molecule has 0 radical (unpaired) electrons. The molecule has 2 aromatic rings. The Morgan fingerprint density at radius 1 is 1.04 bits per heavy atom. The van der Waals surface area contributed by atoms with Crippen LogP contribution in [-0.2, 0) is 6.42 Å². The van der Waals surface area contributed by atoms with Crippen LogP contribution in [0.5, 0.6) is 0 Å². The van der Waals surface area contributed by atoms with Crippen LogP contribution in [0, 0.1) is 10.1 Å². The fourth-order valence-corrected chi connectivity index (χ4v) is 3.16. The van der Waals surface area contributed by atoms with Crippen LogP contribution in [0.15, 0.2) is 48.5 Å². The van der Waals surface area contributed by atoms with Gasteiger partial charge in [0.2, 0.25) is 0 Å². The molecule has 5 nitrogen and oxygen atoms in total. The van der Waals surface area contributed by atoms with Gasteiger partial charge in [0.15, 0.2) is 0 Å². The summed E-state index contributed by atoms with van der Waals surface area (Å²) in [4.78, 5) is 13.3. The molecule has 1 aliphatic heterocycles. The molecule has 0 saturated carbocycles. The molecule has 0 aromatic heterocycles. The molecule has 2 aromatic carbocycles. The zero-order valence-corrected chi connectivity index (χ0v) is 13.8. The second-order valence-electron chi connectivity index (χ2n) is 6.17. The van der Waals surface area contributed by atoms with E-state index in [1.54, 1.807) is 6.07 Å². The van der Waals surface area contributed by atoms with Crippen LogP contribution >= 0.6 is 0 Å². The van der Waals surface area contributed by atoms with Crippen molar-refractivity contribution in [2.45, 2.75) is 25.7 Å². The Hall–Kier alpha value is -2.56. The zero-order valence-electron chi connectivity index (χ0n) is 13.8. The topological polar surface area (TPSA) is 58.4 Å². The van der Waals surface area contributed by atoms with Gasteiger partial charge in [-0.3, -0.25) is 10.1 Å². The largest absolute Gasteiger partial charge is 0.379 e. The summed E-state index contributed by atoms with van der Waals surface area (Å²) in [6.07, 6.45) is 4.49. The minimum atomic E-state index is -0.315. The Kier molecular flexibility index (Phi) is 5.31. The number of rotatable bonds is 6. The van der Waals surface area contributed by atoms with Gasteiger partial charge in [0.05, 0.1) is 4.92 Å². The van der Waals surface area contributed by atoms with Crippen molar-refractivity contribution in [1.29, 1.82) is 0 Å². The summed E-state index contributed by atoms with van der Waals surface area (Å²) in [6, 6.07) is 15.6. The van der Waals surface area contributed by atoms with Crippen LogP contribution < -0.4 is 10.2 Å². The summed E-state index contributed by atoms with van der Waals surface area (Å²) < 4.78 is 0. The fourth-order valence-electron chi connectivity index (χ4n) is 3.16. The predicted molar refractivity (Wildman–Crippen MR) is 97.8 cm³/mol. The standard InChI is InChI=1S/C19H23N3O2/c23-22(24)19-10-9-17(21-13-5-2-6-14-21)15-18(19)20-12-11-16-7-3-1-4-8-16/h1,3-4,7-10,15,20H,2,5-6,11-14H2. The molecule has 126 valence electrons. The van der Waals surface area contributed by atoms with Crippen molar-refractivity contribution in [3.8, 4) is 0 Å². The van der Waals surface area contributed by atoms with Crippen LogP contribution in [0.3, 0.4) is 0 Å². The molecule has 0 amide bonds. The number of nitro groups is 1. The van der Waals surface area contributed by atoms with Gasteiger partial charge in [0.25, 0.3) is 5.69 Å². The fraction of sp³-hybridized carbons (Fsp3) is 0.368. The average Bonchev–Trinajstić information content (AvgIpc) is 2.63. The van der Waals surface area contributed by atoms with Crippen LogP contribution in [0.1, 0.15) is 24.8 Å². The van der Waals surface area contributed by atoms with Crippen molar-refractivity contribution in [2.75, 3.05) is 29.9 Å². The van der Waals surface area contributed by atoms with E-state index in [4.69, 9.17) is 0 Å². The number of nitro benzene ring substituents is 1. The molecule has 0 unspecified atom stereocenters. The Labute approximate surface area is 142 Å². The molecule has 1 heterocycles. The first-order chi connectivity index (χ1) is 11.7.